The van der Waals surface area contributed by atoms with Gasteiger partial charge in [-0.15, -0.1) is 0 Å². The van der Waals surface area contributed by atoms with Crippen LogP contribution in [0.1, 0.15) is 10.5 Å². The molecule has 0 aliphatic rings. The molecule has 0 saturated carbocycles. The highest BCUT2D eigenvalue weighted by Crippen LogP contribution is 2.36. The highest BCUT2D eigenvalue weighted by atomic mass is 32.1. The highest BCUT2D eigenvalue weighted by molar-refractivity contribution is 7.22. The number of methoxy groups -OCH3 is 1. The number of anilines is 1. The molecule has 0 fully saturated rings. The van der Waals surface area contributed by atoms with Gasteiger partial charge in [0, 0.05) is 12.3 Å². The molecule has 0 saturated heterocycles. The fraction of sp³-hybridized carbons (Fsp3) is 0.0500. The molecular formula is C20H15N3O4S. The molecule has 0 atom stereocenters. The predicted octanol–water partition coefficient (Wildman–Crippen LogP) is 4.45. The summed E-state index contributed by atoms with van der Waals surface area (Å²) in [5.74, 6) is 0.615. The summed E-state index contributed by atoms with van der Waals surface area (Å²) < 4.78 is 11.7. The summed E-state index contributed by atoms with van der Waals surface area (Å²) in [6.45, 7) is 0. The standard InChI is InChI=1S/C20H15N3O4S/c1-26-14-10-11-21-16(17(14)24)19(25)23-20-22-13-8-5-9-15(18(13)28-20)27-12-6-3-2-4-7-12/h2-11,24H,1H3,(H,22,23,25). The first-order valence-corrected chi connectivity index (χ1v) is 9.13. The first kappa shape index (κ1) is 17.7. The van der Waals surface area contributed by atoms with Crippen molar-refractivity contribution < 1.29 is 19.4 Å². The van der Waals surface area contributed by atoms with Crippen LogP contribution in [0, 0.1) is 0 Å². The van der Waals surface area contributed by atoms with Crippen molar-refractivity contribution in [2.45, 2.75) is 0 Å². The Morgan fingerprint density at radius 3 is 2.68 bits per heavy atom. The van der Waals surface area contributed by atoms with E-state index in [-0.39, 0.29) is 17.2 Å². The number of fused-ring (bicyclic) bond motifs is 1. The number of nitrogens with zero attached hydrogens (tertiary/aromatic N) is 2. The Kier molecular flexibility index (Phi) is 4.77. The van der Waals surface area contributed by atoms with Crippen molar-refractivity contribution in [1.29, 1.82) is 0 Å². The number of benzene rings is 2. The smallest absolute Gasteiger partial charge is 0.280 e. The number of carbonyl (C=O) groups excluding carboxylic acids is 1. The van der Waals surface area contributed by atoms with Crippen LogP contribution in [0.5, 0.6) is 23.0 Å². The molecule has 0 bridgehead atoms. The number of carbonyl (C=O) groups is 1. The van der Waals surface area contributed by atoms with E-state index in [0.29, 0.717) is 22.1 Å². The molecule has 2 heterocycles. The van der Waals surface area contributed by atoms with Crippen molar-refractivity contribution in [3.8, 4) is 23.0 Å². The van der Waals surface area contributed by atoms with Gasteiger partial charge < -0.3 is 14.6 Å². The quantitative estimate of drug-likeness (QED) is 0.520. The number of nitrogens with one attached hydrogen (secondary N) is 1. The monoisotopic (exact) mass is 393 g/mol. The Balaban J connectivity index is 1.62. The third-order valence-electron chi connectivity index (χ3n) is 3.89. The molecule has 1 amide bonds. The van der Waals surface area contributed by atoms with Crippen molar-refractivity contribution in [3.05, 3.63) is 66.5 Å². The van der Waals surface area contributed by atoms with Crippen LogP contribution in [0.25, 0.3) is 10.2 Å². The second-order valence-corrected chi connectivity index (χ2v) is 6.70. The molecule has 4 rings (SSSR count). The summed E-state index contributed by atoms with van der Waals surface area (Å²) in [6.07, 6.45) is 1.39. The lowest BCUT2D eigenvalue weighted by Gasteiger charge is -2.06. The molecule has 2 N–H and O–H groups in total. The van der Waals surface area contributed by atoms with Crippen LogP contribution in [0.4, 0.5) is 5.13 Å². The number of hydrogen-bond donors (Lipinski definition) is 2. The van der Waals surface area contributed by atoms with Gasteiger partial charge in [0.1, 0.15) is 11.5 Å². The Morgan fingerprint density at radius 1 is 1.07 bits per heavy atom. The third-order valence-corrected chi connectivity index (χ3v) is 4.89. The average molecular weight is 393 g/mol. The highest BCUT2D eigenvalue weighted by Gasteiger charge is 2.19. The summed E-state index contributed by atoms with van der Waals surface area (Å²) in [7, 11) is 1.40. The largest absolute Gasteiger partial charge is 0.503 e. The van der Waals surface area contributed by atoms with E-state index in [1.54, 1.807) is 0 Å². The normalized spacial score (nSPS) is 10.6. The molecule has 0 spiro atoms. The van der Waals surface area contributed by atoms with E-state index in [2.05, 4.69) is 15.3 Å². The zero-order valence-electron chi connectivity index (χ0n) is 14.7. The maximum Gasteiger partial charge on any atom is 0.280 e. The van der Waals surface area contributed by atoms with Gasteiger partial charge in [-0.25, -0.2) is 9.97 Å². The van der Waals surface area contributed by atoms with Crippen molar-refractivity contribution >= 4 is 32.6 Å². The van der Waals surface area contributed by atoms with Crippen LogP contribution >= 0.6 is 11.3 Å². The predicted molar refractivity (Wildman–Crippen MR) is 107 cm³/mol. The number of amides is 1. The van der Waals surface area contributed by atoms with Gasteiger partial charge in [-0.1, -0.05) is 35.6 Å². The topological polar surface area (TPSA) is 93.6 Å². The van der Waals surface area contributed by atoms with E-state index in [4.69, 9.17) is 9.47 Å². The van der Waals surface area contributed by atoms with E-state index in [1.807, 2.05) is 48.5 Å². The van der Waals surface area contributed by atoms with Gasteiger partial charge in [-0.05, 0) is 24.3 Å². The lowest BCUT2D eigenvalue weighted by molar-refractivity contribution is 0.101. The molecule has 140 valence electrons. The van der Waals surface area contributed by atoms with Crippen molar-refractivity contribution in [2.24, 2.45) is 0 Å². The Labute approximate surface area is 164 Å². The minimum atomic E-state index is -0.582. The maximum absolute atomic E-state index is 12.5. The molecule has 4 aromatic rings. The zero-order valence-corrected chi connectivity index (χ0v) is 15.6. The molecule has 0 radical (unpaired) electrons. The number of thiazole rings is 1. The summed E-state index contributed by atoms with van der Waals surface area (Å²) in [5.41, 5.74) is 0.552. The van der Waals surface area contributed by atoms with E-state index in [0.717, 1.165) is 4.70 Å². The average Bonchev–Trinajstić information content (AvgIpc) is 3.12. The van der Waals surface area contributed by atoms with Gasteiger partial charge in [0.25, 0.3) is 5.91 Å². The van der Waals surface area contributed by atoms with E-state index < -0.39 is 5.91 Å². The van der Waals surface area contributed by atoms with Gasteiger partial charge >= 0.3 is 0 Å². The van der Waals surface area contributed by atoms with Crippen LogP contribution in [-0.4, -0.2) is 28.1 Å². The zero-order chi connectivity index (χ0) is 19.5. The summed E-state index contributed by atoms with van der Waals surface area (Å²) in [4.78, 5) is 20.8. The minimum absolute atomic E-state index is 0.139. The van der Waals surface area contributed by atoms with Crippen LogP contribution < -0.4 is 14.8 Å². The fourth-order valence-corrected chi connectivity index (χ4v) is 3.51. The van der Waals surface area contributed by atoms with Crippen LogP contribution in [-0.2, 0) is 0 Å². The van der Waals surface area contributed by atoms with Crippen LogP contribution in [0.2, 0.25) is 0 Å². The first-order valence-electron chi connectivity index (χ1n) is 8.31. The third kappa shape index (κ3) is 3.45. The molecule has 0 unspecified atom stereocenters. The molecule has 0 aliphatic heterocycles. The second kappa shape index (κ2) is 7.53. The van der Waals surface area contributed by atoms with Crippen LogP contribution in [0.15, 0.2) is 60.8 Å². The number of ether oxygens (including phenoxy) is 2. The Bertz CT molecular complexity index is 1140. The fourth-order valence-electron chi connectivity index (χ4n) is 2.60. The summed E-state index contributed by atoms with van der Waals surface area (Å²) in [5, 5.41) is 13.1. The van der Waals surface area contributed by atoms with Gasteiger partial charge in [0.15, 0.2) is 22.3 Å². The molecule has 2 aromatic heterocycles. The van der Waals surface area contributed by atoms with Gasteiger partial charge in [0.2, 0.25) is 0 Å². The van der Waals surface area contributed by atoms with Crippen LogP contribution in [0.3, 0.4) is 0 Å². The lowest BCUT2D eigenvalue weighted by atomic mass is 10.3. The Hall–Kier alpha value is -3.65. The molecule has 7 nitrogen and oxygen atoms in total. The SMILES string of the molecule is COc1ccnc(C(=O)Nc2nc3cccc(Oc4ccccc4)c3s2)c1O. The first-order chi connectivity index (χ1) is 13.7. The van der Waals surface area contributed by atoms with Crippen molar-refractivity contribution in [3.63, 3.8) is 0 Å². The number of hydrogen-bond acceptors (Lipinski definition) is 7. The second-order valence-electron chi connectivity index (χ2n) is 5.70. The van der Waals surface area contributed by atoms with Crippen molar-refractivity contribution in [1.82, 2.24) is 9.97 Å². The van der Waals surface area contributed by atoms with Gasteiger partial charge in [-0.3, -0.25) is 10.1 Å². The molecule has 0 aliphatic carbocycles. The van der Waals surface area contributed by atoms with Gasteiger partial charge in [0.05, 0.1) is 17.3 Å². The van der Waals surface area contributed by atoms with E-state index in [9.17, 15) is 9.90 Å². The van der Waals surface area contributed by atoms with Gasteiger partial charge in [-0.2, -0.15) is 0 Å². The Morgan fingerprint density at radius 2 is 1.89 bits per heavy atom. The number of aromatic nitrogens is 2. The summed E-state index contributed by atoms with van der Waals surface area (Å²) >= 11 is 1.27. The molecule has 8 heteroatoms. The summed E-state index contributed by atoms with van der Waals surface area (Å²) in [6, 6.07) is 16.4. The molecule has 2 aromatic carbocycles. The molecule has 28 heavy (non-hydrogen) atoms. The number of rotatable bonds is 5. The van der Waals surface area contributed by atoms with Crippen molar-refractivity contribution in [2.75, 3.05) is 12.4 Å². The van der Waals surface area contributed by atoms with E-state index >= 15 is 0 Å². The number of pyridine rings is 1. The maximum atomic E-state index is 12.5. The molecular weight excluding hydrogens is 378 g/mol. The van der Waals surface area contributed by atoms with E-state index in [1.165, 1.54) is 30.7 Å². The number of para-hydroxylation sites is 1. The number of aromatic hydroxyl groups is 1. The minimum Gasteiger partial charge on any atom is -0.503 e. The lowest BCUT2D eigenvalue weighted by Crippen LogP contribution is -2.13.